The van der Waals surface area contributed by atoms with Crippen LogP contribution in [0, 0.1) is 0 Å². The summed E-state index contributed by atoms with van der Waals surface area (Å²) < 4.78 is 0. The van der Waals surface area contributed by atoms with Crippen LogP contribution in [0.5, 0.6) is 0 Å². The van der Waals surface area contributed by atoms with Gasteiger partial charge in [0.1, 0.15) is 6.29 Å². The minimum atomic E-state index is -0.416. The highest BCUT2D eigenvalue weighted by atomic mass is 16.1. The maximum atomic E-state index is 10.2. The number of primary amides is 1. The first-order valence-electron chi connectivity index (χ1n) is 3.67. The van der Waals surface area contributed by atoms with E-state index in [0.717, 1.165) is 25.5 Å². The van der Waals surface area contributed by atoms with Crippen LogP contribution in [0.2, 0.25) is 0 Å². The summed E-state index contributed by atoms with van der Waals surface area (Å²) >= 11 is 0. The van der Waals surface area contributed by atoms with Crippen molar-refractivity contribution in [3.63, 3.8) is 0 Å². The van der Waals surface area contributed by atoms with E-state index in [9.17, 15) is 9.59 Å². The van der Waals surface area contributed by atoms with Gasteiger partial charge in [0.25, 0.3) is 0 Å². The van der Waals surface area contributed by atoms with Crippen LogP contribution in [0.4, 0.5) is 0 Å². The second-order valence-electron chi connectivity index (χ2n) is 2.26. The Bertz CT molecular complexity index is 152. The van der Waals surface area contributed by atoms with Crippen LogP contribution in [0.15, 0.2) is 12.2 Å². The van der Waals surface area contributed by atoms with E-state index in [4.69, 9.17) is 5.73 Å². The highest BCUT2D eigenvalue weighted by molar-refractivity contribution is 5.85. The molecule has 62 valence electrons. The third-order valence-electron chi connectivity index (χ3n) is 1.22. The average Bonchev–Trinajstić information content (AvgIpc) is 1.96. The van der Waals surface area contributed by atoms with E-state index in [0.29, 0.717) is 6.42 Å². The zero-order valence-corrected chi connectivity index (χ0v) is 6.45. The molecule has 3 nitrogen and oxygen atoms in total. The van der Waals surface area contributed by atoms with Crippen LogP contribution < -0.4 is 5.73 Å². The van der Waals surface area contributed by atoms with Gasteiger partial charge >= 0.3 is 0 Å². The minimum Gasteiger partial charge on any atom is -0.366 e. The number of allylic oxidation sites excluding steroid dienone is 1. The molecule has 0 saturated carbocycles. The third-order valence-corrected chi connectivity index (χ3v) is 1.22. The quantitative estimate of drug-likeness (QED) is 0.350. The number of hydrogen-bond acceptors (Lipinski definition) is 2. The van der Waals surface area contributed by atoms with E-state index in [-0.39, 0.29) is 0 Å². The summed E-state index contributed by atoms with van der Waals surface area (Å²) in [5.74, 6) is -0.416. The molecular weight excluding hydrogens is 142 g/mol. The topological polar surface area (TPSA) is 60.2 Å². The Morgan fingerprint density at radius 2 is 1.91 bits per heavy atom. The van der Waals surface area contributed by atoms with Gasteiger partial charge in [0.05, 0.1) is 0 Å². The molecule has 0 aliphatic carbocycles. The fourth-order valence-electron chi connectivity index (χ4n) is 0.689. The number of amides is 1. The molecule has 0 bridgehead atoms. The number of rotatable bonds is 6. The number of aldehydes is 1. The van der Waals surface area contributed by atoms with E-state index in [1.165, 1.54) is 6.08 Å². The predicted molar refractivity (Wildman–Crippen MR) is 42.9 cm³/mol. The fraction of sp³-hybridized carbons (Fsp3) is 0.500. The maximum absolute atomic E-state index is 10.2. The Balaban J connectivity index is 3.13. The van der Waals surface area contributed by atoms with Crippen molar-refractivity contribution >= 4 is 12.2 Å². The molecule has 2 N–H and O–H groups in total. The van der Waals surface area contributed by atoms with E-state index in [1.807, 2.05) is 0 Å². The highest BCUT2D eigenvalue weighted by Crippen LogP contribution is 1.98. The number of unbranched alkanes of at least 4 members (excludes halogenated alkanes) is 3. The van der Waals surface area contributed by atoms with Crippen molar-refractivity contribution in [2.75, 3.05) is 0 Å². The number of carbonyl (C=O) groups excluding carboxylic acids is 2. The molecule has 0 saturated heterocycles. The summed E-state index contributed by atoms with van der Waals surface area (Å²) in [6.45, 7) is 0. The molecule has 0 aliphatic rings. The van der Waals surface area contributed by atoms with E-state index in [1.54, 1.807) is 6.08 Å². The van der Waals surface area contributed by atoms with Gasteiger partial charge in [0.2, 0.25) is 5.91 Å². The Morgan fingerprint density at radius 3 is 2.45 bits per heavy atom. The van der Waals surface area contributed by atoms with Crippen LogP contribution in [-0.4, -0.2) is 12.2 Å². The summed E-state index contributed by atoms with van der Waals surface area (Å²) in [5.41, 5.74) is 4.85. The van der Waals surface area contributed by atoms with Crippen molar-refractivity contribution in [1.82, 2.24) is 0 Å². The molecular formula is C8H13NO2. The highest BCUT2D eigenvalue weighted by Gasteiger charge is 1.85. The van der Waals surface area contributed by atoms with Crippen LogP contribution >= 0.6 is 0 Å². The molecule has 11 heavy (non-hydrogen) atoms. The molecule has 0 heterocycles. The molecule has 0 aromatic rings. The lowest BCUT2D eigenvalue weighted by molar-refractivity contribution is -0.113. The molecule has 0 aromatic heterocycles. The van der Waals surface area contributed by atoms with Gasteiger partial charge in [0.15, 0.2) is 0 Å². The van der Waals surface area contributed by atoms with Crippen molar-refractivity contribution in [3.8, 4) is 0 Å². The lowest BCUT2D eigenvalue weighted by Crippen LogP contribution is -2.05. The number of nitrogens with two attached hydrogens (primary N) is 1. The van der Waals surface area contributed by atoms with Gasteiger partial charge < -0.3 is 10.5 Å². The molecule has 0 fully saturated rings. The second-order valence-corrected chi connectivity index (χ2v) is 2.26. The summed E-state index contributed by atoms with van der Waals surface area (Å²) in [4.78, 5) is 20.0. The van der Waals surface area contributed by atoms with Gasteiger partial charge in [-0.25, -0.2) is 0 Å². The molecule has 0 rings (SSSR count). The molecule has 1 amide bonds. The molecule has 0 unspecified atom stereocenters. The van der Waals surface area contributed by atoms with Crippen LogP contribution in [-0.2, 0) is 9.59 Å². The summed E-state index contributed by atoms with van der Waals surface area (Å²) in [6, 6.07) is 0. The predicted octanol–water partition coefficient (Wildman–Crippen LogP) is 0.787. The average molecular weight is 155 g/mol. The van der Waals surface area contributed by atoms with Gasteiger partial charge in [-0.1, -0.05) is 6.08 Å². The maximum Gasteiger partial charge on any atom is 0.241 e. The third kappa shape index (κ3) is 8.88. The first-order chi connectivity index (χ1) is 5.27. The second kappa shape index (κ2) is 6.99. The largest absolute Gasteiger partial charge is 0.366 e. The molecule has 0 aliphatic heterocycles. The Kier molecular flexibility index (Phi) is 6.28. The first kappa shape index (κ1) is 9.88. The van der Waals surface area contributed by atoms with Crippen molar-refractivity contribution in [1.29, 1.82) is 0 Å². The monoisotopic (exact) mass is 155 g/mol. The van der Waals surface area contributed by atoms with Crippen LogP contribution in [0.1, 0.15) is 25.7 Å². The lowest BCUT2D eigenvalue weighted by Gasteiger charge is -1.89. The SMILES string of the molecule is NC(=O)C=CCCCCC=O. The van der Waals surface area contributed by atoms with Gasteiger partial charge in [-0.05, 0) is 25.3 Å². The van der Waals surface area contributed by atoms with Gasteiger partial charge in [-0.15, -0.1) is 0 Å². The van der Waals surface area contributed by atoms with Crippen LogP contribution in [0.3, 0.4) is 0 Å². The van der Waals surface area contributed by atoms with Gasteiger partial charge in [-0.3, -0.25) is 4.79 Å². The standard InChI is InChI=1S/C8H13NO2/c9-8(11)6-4-2-1-3-5-7-10/h4,6-7H,1-3,5H2,(H2,9,11). The molecule has 0 atom stereocenters. The zero-order chi connectivity index (χ0) is 8.53. The Labute approximate surface area is 66.3 Å². The van der Waals surface area contributed by atoms with E-state index < -0.39 is 5.91 Å². The van der Waals surface area contributed by atoms with Gasteiger partial charge in [0, 0.05) is 6.42 Å². The molecule has 0 aromatic carbocycles. The number of hydrogen-bond donors (Lipinski definition) is 1. The summed E-state index contributed by atoms with van der Waals surface area (Å²) in [5, 5.41) is 0. The van der Waals surface area contributed by atoms with Crippen LogP contribution in [0.25, 0.3) is 0 Å². The first-order valence-corrected chi connectivity index (χ1v) is 3.67. The zero-order valence-electron chi connectivity index (χ0n) is 6.45. The minimum absolute atomic E-state index is 0.416. The lowest BCUT2D eigenvalue weighted by atomic mass is 10.2. The van der Waals surface area contributed by atoms with E-state index in [2.05, 4.69) is 0 Å². The van der Waals surface area contributed by atoms with Crippen molar-refractivity contribution in [2.45, 2.75) is 25.7 Å². The van der Waals surface area contributed by atoms with Crippen molar-refractivity contribution in [3.05, 3.63) is 12.2 Å². The van der Waals surface area contributed by atoms with Crippen molar-refractivity contribution < 1.29 is 9.59 Å². The Morgan fingerprint density at radius 1 is 1.27 bits per heavy atom. The number of carbonyl (C=O) groups is 2. The molecule has 0 spiro atoms. The Hall–Kier alpha value is -1.12. The summed E-state index contributed by atoms with van der Waals surface area (Å²) in [7, 11) is 0. The summed E-state index contributed by atoms with van der Waals surface area (Å²) in [6.07, 6.45) is 7.21. The smallest absolute Gasteiger partial charge is 0.241 e. The fourth-order valence-corrected chi connectivity index (χ4v) is 0.689. The van der Waals surface area contributed by atoms with Crippen molar-refractivity contribution in [2.24, 2.45) is 5.73 Å². The van der Waals surface area contributed by atoms with Gasteiger partial charge in [-0.2, -0.15) is 0 Å². The normalized spacial score (nSPS) is 10.2. The van der Waals surface area contributed by atoms with E-state index >= 15 is 0 Å². The molecule has 3 heteroatoms. The molecule has 0 radical (unpaired) electrons.